The molecule has 0 saturated carbocycles. The molecule has 0 saturated heterocycles. The molecule has 0 aliphatic carbocycles. The summed E-state index contributed by atoms with van der Waals surface area (Å²) in [4.78, 5) is 17.3. The Bertz CT molecular complexity index is 1110. The fourth-order valence-electron chi connectivity index (χ4n) is 3.21. The van der Waals surface area contributed by atoms with Crippen LogP contribution in [0.2, 0.25) is 5.02 Å². The minimum absolute atomic E-state index is 0.277. The lowest BCUT2D eigenvalue weighted by Crippen LogP contribution is -2.31. The van der Waals surface area contributed by atoms with Crippen molar-refractivity contribution >= 4 is 29.0 Å². The van der Waals surface area contributed by atoms with Gasteiger partial charge in [0.05, 0.1) is 11.8 Å². The highest BCUT2D eigenvalue weighted by Crippen LogP contribution is 2.37. The predicted octanol–water partition coefficient (Wildman–Crippen LogP) is 3.73. The molecule has 0 radical (unpaired) electrons. The number of amides is 1. The van der Waals surface area contributed by atoms with E-state index in [2.05, 4.69) is 26.8 Å². The van der Waals surface area contributed by atoms with Crippen molar-refractivity contribution in [2.24, 2.45) is 0 Å². The first-order chi connectivity index (χ1) is 13.6. The molecule has 1 aliphatic heterocycles. The van der Waals surface area contributed by atoms with Gasteiger partial charge in [0, 0.05) is 28.8 Å². The Morgan fingerprint density at radius 1 is 1.29 bits per heavy atom. The largest absolute Gasteiger partial charge is 0.343 e. The van der Waals surface area contributed by atoms with E-state index < -0.39 is 6.04 Å². The number of nitrogens with zero attached hydrogens (tertiary/aromatic N) is 4. The quantitative estimate of drug-likeness (QED) is 0.710. The highest BCUT2D eigenvalue weighted by atomic mass is 35.5. The third-order valence-electron chi connectivity index (χ3n) is 4.49. The fraction of sp³-hybridized carbons (Fsp3) is 0.100. The zero-order valence-electron chi connectivity index (χ0n) is 14.8. The number of anilines is 2. The summed E-state index contributed by atoms with van der Waals surface area (Å²) in [6.45, 7) is 1.80. The van der Waals surface area contributed by atoms with Crippen molar-refractivity contribution in [2.75, 3.05) is 10.6 Å². The summed E-state index contributed by atoms with van der Waals surface area (Å²) in [5.41, 5.74) is 2.96. The molecule has 8 heteroatoms. The topological polar surface area (TPSA) is 95.6 Å². The Morgan fingerprint density at radius 2 is 2.07 bits per heavy atom. The standard InChI is InChI=1S/C20H15ClN6O/c1-12-17(20(28)26-16-6-4-15(21)5-7-16)18(13-3-2-8-23-10-13)27-19(25-12)14(9-22)11-24-27/h2-8,10-11,18,25H,1H3,(H,26,28). The average molecular weight is 391 g/mol. The number of pyridine rings is 1. The lowest BCUT2D eigenvalue weighted by molar-refractivity contribution is -0.113. The van der Waals surface area contributed by atoms with Gasteiger partial charge in [0.15, 0.2) is 0 Å². The van der Waals surface area contributed by atoms with Crippen LogP contribution in [0.5, 0.6) is 0 Å². The monoisotopic (exact) mass is 390 g/mol. The summed E-state index contributed by atoms with van der Waals surface area (Å²) in [5.74, 6) is 0.276. The van der Waals surface area contributed by atoms with Crippen molar-refractivity contribution in [1.29, 1.82) is 5.26 Å². The van der Waals surface area contributed by atoms with Gasteiger partial charge in [-0.1, -0.05) is 17.7 Å². The van der Waals surface area contributed by atoms with Crippen LogP contribution in [-0.2, 0) is 4.79 Å². The van der Waals surface area contributed by atoms with Gasteiger partial charge in [-0.05, 0) is 42.8 Å². The van der Waals surface area contributed by atoms with Crippen molar-refractivity contribution in [3.05, 3.63) is 82.4 Å². The Labute approximate surface area is 166 Å². The molecule has 0 bridgehead atoms. The molecule has 1 unspecified atom stereocenters. The second-order valence-corrected chi connectivity index (χ2v) is 6.71. The van der Waals surface area contributed by atoms with Crippen molar-refractivity contribution in [3.8, 4) is 6.07 Å². The van der Waals surface area contributed by atoms with Crippen LogP contribution < -0.4 is 10.6 Å². The third-order valence-corrected chi connectivity index (χ3v) is 4.74. The lowest BCUT2D eigenvalue weighted by atomic mass is 9.95. The van der Waals surface area contributed by atoms with Gasteiger partial charge in [-0.2, -0.15) is 10.4 Å². The van der Waals surface area contributed by atoms with Crippen LogP contribution in [0, 0.1) is 11.3 Å². The molecule has 28 heavy (non-hydrogen) atoms. The van der Waals surface area contributed by atoms with Gasteiger partial charge in [0.25, 0.3) is 5.91 Å². The number of hydrogen-bond acceptors (Lipinski definition) is 5. The van der Waals surface area contributed by atoms with Crippen LogP contribution in [0.25, 0.3) is 0 Å². The minimum Gasteiger partial charge on any atom is -0.343 e. The van der Waals surface area contributed by atoms with Crippen molar-refractivity contribution in [1.82, 2.24) is 14.8 Å². The smallest absolute Gasteiger partial charge is 0.255 e. The summed E-state index contributed by atoms with van der Waals surface area (Å²) in [7, 11) is 0. The molecular weight excluding hydrogens is 376 g/mol. The highest BCUT2D eigenvalue weighted by Gasteiger charge is 2.34. The van der Waals surface area contributed by atoms with Crippen LogP contribution >= 0.6 is 11.6 Å². The predicted molar refractivity (Wildman–Crippen MR) is 106 cm³/mol. The third kappa shape index (κ3) is 3.10. The van der Waals surface area contributed by atoms with Gasteiger partial charge in [-0.15, -0.1) is 0 Å². The van der Waals surface area contributed by atoms with Crippen LogP contribution in [0.1, 0.15) is 24.1 Å². The van der Waals surface area contributed by atoms with Gasteiger partial charge < -0.3 is 10.6 Å². The first kappa shape index (κ1) is 17.8. The van der Waals surface area contributed by atoms with E-state index in [1.807, 2.05) is 6.07 Å². The average Bonchev–Trinajstić information content (AvgIpc) is 3.11. The van der Waals surface area contributed by atoms with Crippen LogP contribution in [0.15, 0.2) is 66.3 Å². The number of halogens is 1. The zero-order valence-corrected chi connectivity index (χ0v) is 15.6. The summed E-state index contributed by atoms with van der Waals surface area (Å²) < 4.78 is 1.64. The van der Waals surface area contributed by atoms with Crippen molar-refractivity contribution in [3.63, 3.8) is 0 Å². The number of rotatable bonds is 3. The number of aromatic nitrogens is 3. The summed E-state index contributed by atoms with van der Waals surface area (Å²) in [6.07, 6.45) is 4.84. The number of benzene rings is 1. The van der Waals surface area contributed by atoms with E-state index in [0.717, 1.165) is 5.56 Å². The van der Waals surface area contributed by atoms with Crippen LogP contribution in [-0.4, -0.2) is 20.7 Å². The number of carbonyl (C=O) groups is 1. The highest BCUT2D eigenvalue weighted by molar-refractivity contribution is 6.30. The van der Waals surface area contributed by atoms with Gasteiger partial charge in [-0.25, -0.2) is 4.68 Å². The maximum Gasteiger partial charge on any atom is 0.255 e. The summed E-state index contributed by atoms with van der Waals surface area (Å²) >= 11 is 5.92. The number of hydrogen-bond donors (Lipinski definition) is 2. The second-order valence-electron chi connectivity index (χ2n) is 6.28. The number of carbonyl (C=O) groups excluding carboxylic acids is 1. The molecule has 1 amide bonds. The maximum atomic E-state index is 13.2. The molecule has 1 aliphatic rings. The Balaban J connectivity index is 1.78. The Kier molecular flexibility index (Phi) is 4.55. The van der Waals surface area contributed by atoms with E-state index in [4.69, 9.17) is 11.6 Å². The van der Waals surface area contributed by atoms with Crippen molar-refractivity contribution in [2.45, 2.75) is 13.0 Å². The molecule has 7 nitrogen and oxygen atoms in total. The Morgan fingerprint density at radius 3 is 2.75 bits per heavy atom. The molecule has 1 aromatic carbocycles. The molecule has 0 fully saturated rings. The molecule has 2 N–H and O–H groups in total. The summed E-state index contributed by atoms with van der Waals surface area (Å²) in [5, 5.41) is 20.3. The maximum absolute atomic E-state index is 13.2. The number of fused-ring (bicyclic) bond motifs is 1. The molecule has 4 rings (SSSR count). The van der Waals surface area contributed by atoms with E-state index in [0.29, 0.717) is 33.4 Å². The van der Waals surface area contributed by atoms with Crippen LogP contribution in [0.3, 0.4) is 0 Å². The van der Waals surface area contributed by atoms with E-state index in [1.165, 1.54) is 6.20 Å². The minimum atomic E-state index is -0.514. The number of nitriles is 1. The van der Waals surface area contributed by atoms with Crippen LogP contribution in [0.4, 0.5) is 11.5 Å². The fourth-order valence-corrected chi connectivity index (χ4v) is 3.33. The van der Waals surface area contributed by atoms with Gasteiger partial charge >= 0.3 is 0 Å². The molecule has 3 aromatic rings. The van der Waals surface area contributed by atoms with Crippen molar-refractivity contribution < 1.29 is 4.79 Å². The normalized spacial score (nSPS) is 15.4. The van der Waals surface area contributed by atoms with E-state index in [9.17, 15) is 10.1 Å². The van der Waals surface area contributed by atoms with E-state index in [-0.39, 0.29) is 5.91 Å². The molecule has 0 spiro atoms. The molecule has 138 valence electrons. The lowest BCUT2D eigenvalue weighted by Gasteiger charge is -2.29. The SMILES string of the molecule is CC1=C(C(=O)Nc2ccc(Cl)cc2)C(c2cccnc2)n2ncc(C#N)c2N1. The van der Waals surface area contributed by atoms with Gasteiger partial charge in [-0.3, -0.25) is 9.78 Å². The van der Waals surface area contributed by atoms with E-state index in [1.54, 1.807) is 54.3 Å². The number of nitrogens with one attached hydrogen (secondary N) is 2. The first-order valence-electron chi connectivity index (χ1n) is 8.50. The van der Waals surface area contributed by atoms with E-state index >= 15 is 0 Å². The number of allylic oxidation sites excluding steroid dienone is 1. The van der Waals surface area contributed by atoms with Gasteiger partial charge in [0.2, 0.25) is 0 Å². The molecule has 2 aromatic heterocycles. The first-order valence-corrected chi connectivity index (χ1v) is 8.88. The molecular formula is C20H15ClN6O. The Hall–Kier alpha value is -3.63. The molecule has 1 atom stereocenters. The van der Waals surface area contributed by atoms with Gasteiger partial charge in [0.1, 0.15) is 23.5 Å². The zero-order chi connectivity index (χ0) is 19.7. The second kappa shape index (κ2) is 7.18. The summed E-state index contributed by atoms with van der Waals surface area (Å²) in [6, 6.07) is 12.2. The molecule has 3 heterocycles.